The van der Waals surface area contributed by atoms with Gasteiger partial charge in [-0.05, 0) is 74.7 Å². The Morgan fingerprint density at radius 3 is 2.53 bits per heavy atom. The lowest BCUT2D eigenvalue weighted by Crippen LogP contribution is -2.50. The van der Waals surface area contributed by atoms with E-state index in [-0.39, 0.29) is 5.91 Å². The number of anilines is 2. The zero-order valence-corrected chi connectivity index (χ0v) is 21.1. The van der Waals surface area contributed by atoms with Crippen LogP contribution in [0.1, 0.15) is 40.9 Å². The highest BCUT2D eigenvalue weighted by Gasteiger charge is 2.27. The summed E-state index contributed by atoms with van der Waals surface area (Å²) in [7, 11) is 0. The fourth-order valence-corrected chi connectivity index (χ4v) is 5.36. The van der Waals surface area contributed by atoms with Crippen LogP contribution in [0.15, 0.2) is 67.0 Å². The van der Waals surface area contributed by atoms with Gasteiger partial charge in [0.1, 0.15) is 11.5 Å². The molecule has 0 bridgehead atoms. The molecule has 0 aliphatic carbocycles. The molecule has 5 rings (SSSR count). The highest BCUT2D eigenvalue weighted by atomic mass is 16.1. The summed E-state index contributed by atoms with van der Waals surface area (Å²) in [4.78, 5) is 29.0. The Labute approximate surface area is 214 Å². The van der Waals surface area contributed by atoms with Gasteiger partial charge in [0, 0.05) is 56.8 Å². The van der Waals surface area contributed by atoms with E-state index in [1.54, 1.807) is 30.6 Å². The van der Waals surface area contributed by atoms with Crippen molar-refractivity contribution in [1.82, 2.24) is 19.8 Å². The summed E-state index contributed by atoms with van der Waals surface area (Å²) in [6.07, 6.45) is 7.08. The van der Waals surface area contributed by atoms with Gasteiger partial charge < -0.3 is 10.2 Å². The van der Waals surface area contributed by atoms with Crippen molar-refractivity contribution in [3.05, 3.63) is 83.8 Å². The number of hydrogen-bond donors (Lipinski definition) is 1. The Morgan fingerprint density at radius 1 is 0.917 bits per heavy atom. The minimum absolute atomic E-state index is 0.199. The normalized spacial score (nSPS) is 19.6. The first-order valence-corrected chi connectivity index (χ1v) is 13.1. The highest BCUT2D eigenvalue weighted by molar-refractivity contribution is 6.03. The number of carbonyl (C=O) groups excluding carboxylic acids is 1. The van der Waals surface area contributed by atoms with Crippen LogP contribution in [0.3, 0.4) is 0 Å². The predicted octanol–water partition coefficient (Wildman–Crippen LogP) is 4.21. The second kappa shape index (κ2) is 11.6. The number of rotatable bonds is 6. The Bertz CT molecular complexity index is 1150. The van der Waals surface area contributed by atoms with Gasteiger partial charge in [0.15, 0.2) is 0 Å². The molecule has 0 spiro atoms. The molecule has 3 aromatic rings. The van der Waals surface area contributed by atoms with E-state index in [0.29, 0.717) is 11.7 Å². The Kier molecular flexibility index (Phi) is 7.88. The van der Waals surface area contributed by atoms with Crippen molar-refractivity contribution in [3.63, 3.8) is 0 Å². The van der Waals surface area contributed by atoms with Gasteiger partial charge in [0.2, 0.25) is 0 Å². The maximum absolute atomic E-state index is 12.7. The van der Waals surface area contributed by atoms with Crippen LogP contribution in [0.2, 0.25) is 0 Å². The number of piperazine rings is 1. The van der Waals surface area contributed by atoms with E-state index in [9.17, 15) is 4.79 Å². The van der Waals surface area contributed by atoms with Crippen LogP contribution in [0.5, 0.6) is 0 Å². The summed E-state index contributed by atoms with van der Waals surface area (Å²) < 4.78 is 0. The van der Waals surface area contributed by atoms with E-state index in [1.165, 1.54) is 36.9 Å². The monoisotopic (exact) mass is 484 g/mol. The first-order chi connectivity index (χ1) is 17.7. The molecule has 1 amide bonds. The van der Waals surface area contributed by atoms with E-state index in [4.69, 9.17) is 0 Å². The van der Waals surface area contributed by atoms with Crippen LogP contribution in [0.25, 0.3) is 0 Å². The van der Waals surface area contributed by atoms with Crippen molar-refractivity contribution < 1.29 is 4.79 Å². The molecule has 7 heteroatoms. The topological polar surface area (TPSA) is 64.6 Å². The van der Waals surface area contributed by atoms with Gasteiger partial charge in [0.05, 0.1) is 0 Å². The van der Waals surface area contributed by atoms with Gasteiger partial charge >= 0.3 is 0 Å². The van der Waals surface area contributed by atoms with Crippen molar-refractivity contribution in [1.29, 1.82) is 0 Å². The highest BCUT2D eigenvalue weighted by Crippen LogP contribution is 2.22. The second-order valence-electron chi connectivity index (χ2n) is 9.88. The number of pyridine rings is 2. The molecule has 4 heterocycles. The SMILES string of the molecule is Cc1ccccc1CN1CCCC(N2CCN(c3cccc(C(=O)Nc4ccncc4)n3)CC2)CC1. The van der Waals surface area contributed by atoms with Gasteiger partial charge in [0.25, 0.3) is 5.91 Å². The first kappa shape index (κ1) is 24.4. The largest absolute Gasteiger partial charge is 0.354 e. The van der Waals surface area contributed by atoms with Gasteiger partial charge in [-0.25, -0.2) is 4.98 Å². The number of carbonyl (C=O) groups is 1. The zero-order valence-electron chi connectivity index (χ0n) is 21.1. The molecule has 0 saturated carbocycles. The maximum atomic E-state index is 12.7. The summed E-state index contributed by atoms with van der Waals surface area (Å²) in [5.74, 6) is 0.678. The Hall–Kier alpha value is -3.29. The third-order valence-electron chi connectivity index (χ3n) is 7.51. The number of amides is 1. The van der Waals surface area contributed by atoms with Crippen LogP contribution in [-0.2, 0) is 6.54 Å². The van der Waals surface area contributed by atoms with Crippen LogP contribution in [0.4, 0.5) is 11.5 Å². The van der Waals surface area contributed by atoms with Crippen molar-refractivity contribution in [2.45, 2.75) is 38.8 Å². The lowest BCUT2D eigenvalue weighted by atomic mass is 10.1. The molecule has 2 fully saturated rings. The maximum Gasteiger partial charge on any atom is 0.274 e. The number of likely N-dealkylation sites (tertiary alicyclic amines) is 1. The van der Waals surface area contributed by atoms with Crippen LogP contribution < -0.4 is 10.2 Å². The quantitative estimate of drug-likeness (QED) is 0.565. The molecule has 36 heavy (non-hydrogen) atoms. The van der Waals surface area contributed by atoms with Crippen LogP contribution in [-0.4, -0.2) is 71.0 Å². The van der Waals surface area contributed by atoms with E-state index >= 15 is 0 Å². The average Bonchev–Trinajstić information content (AvgIpc) is 3.16. The minimum Gasteiger partial charge on any atom is -0.354 e. The van der Waals surface area contributed by atoms with Gasteiger partial charge in [-0.3, -0.25) is 19.6 Å². The zero-order chi connectivity index (χ0) is 24.7. The average molecular weight is 485 g/mol. The first-order valence-electron chi connectivity index (χ1n) is 13.1. The molecular weight excluding hydrogens is 448 g/mol. The predicted molar refractivity (Wildman–Crippen MR) is 144 cm³/mol. The molecule has 188 valence electrons. The molecule has 1 atom stereocenters. The summed E-state index contributed by atoms with van der Waals surface area (Å²) in [5.41, 5.74) is 4.00. The van der Waals surface area contributed by atoms with E-state index in [0.717, 1.165) is 50.8 Å². The molecular formula is C29H36N6O. The molecule has 1 aromatic carbocycles. The molecule has 7 nitrogen and oxygen atoms in total. The Morgan fingerprint density at radius 2 is 1.72 bits per heavy atom. The van der Waals surface area contributed by atoms with Gasteiger partial charge in [-0.1, -0.05) is 30.3 Å². The van der Waals surface area contributed by atoms with Gasteiger partial charge in [-0.2, -0.15) is 0 Å². The molecule has 2 aromatic heterocycles. The standard InChI is InChI=1S/C29H36N6O/c1-23-6-2-3-7-24(23)22-33-16-5-8-26(13-17-33)34-18-20-35(21-19-34)28-10-4-9-27(32-28)29(36)31-25-11-14-30-15-12-25/h2-4,6-7,9-12,14-15,26H,5,8,13,16-22H2,1H3,(H,30,31,36). The van der Waals surface area contributed by atoms with Gasteiger partial charge in [-0.15, -0.1) is 0 Å². The van der Waals surface area contributed by atoms with Crippen molar-refractivity contribution in [3.8, 4) is 0 Å². The third kappa shape index (κ3) is 6.09. The number of benzene rings is 1. The third-order valence-corrected chi connectivity index (χ3v) is 7.51. The summed E-state index contributed by atoms with van der Waals surface area (Å²) in [6, 6.07) is 18.7. The lowest BCUT2D eigenvalue weighted by Gasteiger charge is -2.39. The number of aromatic nitrogens is 2. The number of nitrogens with one attached hydrogen (secondary N) is 1. The number of hydrogen-bond acceptors (Lipinski definition) is 6. The lowest BCUT2D eigenvalue weighted by molar-refractivity contribution is 0.102. The summed E-state index contributed by atoms with van der Waals surface area (Å²) >= 11 is 0. The summed E-state index contributed by atoms with van der Waals surface area (Å²) in [5, 5.41) is 2.89. The van der Waals surface area contributed by atoms with Crippen molar-refractivity contribution >= 4 is 17.4 Å². The fraction of sp³-hybridized carbons (Fsp3) is 0.414. The van der Waals surface area contributed by atoms with Crippen LogP contribution >= 0.6 is 0 Å². The van der Waals surface area contributed by atoms with Crippen molar-refractivity contribution in [2.75, 3.05) is 49.5 Å². The van der Waals surface area contributed by atoms with E-state index in [2.05, 4.69) is 61.2 Å². The molecule has 2 aliphatic heterocycles. The van der Waals surface area contributed by atoms with Crippen molar-refractivity contribution in [2.24, 2.45) is 0 Å². The Balaban J connectivity index is 1.13. The molecule has 2 aliphatic rings. The molecule has 2 saturated heterocycles. The van der Waals surface area contributed by atoms with Crippen LogP contribution in [0, 0.1) is 6.92 Å². The van der Waals surface area contributed by atoms with E-state index in [1.807, 2.05) is 12.1 Å². The van der Waals surface area contributed by atoms with E-state index < -0.39 is 0 Å². The number of nitrogens with zero attached hydrogens (tertiary/aromatic N) is 5. The number of aryl methyl sites for hydroxylation is 1. The molecule has 1 unspecified atom stereocenters. The molecule has 0 radical (unpaired) electrons. The summed E-state index contributed by atoms with van der Waals surface area (Å²) in [6.45, 7) is 9.57. The molecule has 1 N–H and O–H groups in total. The second-order valence-corrected chi connectivity index (χ2v) is 9.88. The fourth-order valence-electron chi connectivity index (χ4n) is 5.36. The minimum atomic E-state index is -0.199. The smallest absolute Gasteiger partial charge is 0.274 e.